The molecule has 0 atom stereocenters. The first-order valence-electron chi connectivity index (χ1n) is 6.94. The van der Waals surface area contributed by atoms with E-state index in [1.807, 2.05) is 12.1 Å². The second kappa shape index (κ2) is 6.08. The molecule has 4 heteroatoms. The molecule has 108 valence electrons. The zero-order valence-corrected chi connectivity index (χ0v) is 13.6. The van der Waals surface area contributed by atoms with Gasteiger partial charge in [0.05, 0.1) is 6.54 Å². The lowest BCUT2D eigenvalue weighted by Crippen LogP contribution is -2.35. The quantitative estimate of drug-likeness (QED) is 0.789. The molecule has 0 saturated carbocycles. The molecule has 0 aromatic heterocycles. The van der Waals surface area contributed by atoms with Crippen LogP contribution in [-0.2, 0) is 4.79 Å². The Labute approximate surface area is 128 Å². The van der Waals surface area contributed by atoms with Gasteiger partial charge in [0.1, 0.15) is 0 Å². The molecule has 0 bridgehead atoms. The van der Waals surface area contributed by atoms with Crippen molar-refractivity contribution in [3.05, 3.63) is 34.3 Å². The van der Waals surface area contributed by atoms with Gasteiger partial charge in [-0.1, -0.05) is 41.9 Å². The van der Waals surface area contributed by atoms with Crippen LogP contribution >= 0.6 is 15.9 Å². The second-order valence-electron chi connectivity index (χ2n) is 6.16. The van der Waals surface area contributed by atoms with Gasteiger partial charge in [0.25, 0.3) is 0 Å². The number of halogens is 1. The average molecular weight is 338 g/mol. The largest absolute Gasteiger partial charge is 0.335 e. The van der Waals surface area contributed by atoms with Crippen LogP contribution in [0.1, 0.15) is 43.5 Å². The van der Waals surface area contributed by atoms with E-state index in [9.17, 15) is 9.59 Å². The summed E-state index contributed by atoms with van der Waals surface area (Å²) in [6, 6.07) is 7.31. The molecule has 1 aromatic carbocycles. The van der Waals surface area contributed by atoms with Gasteiger partial charge in [0, 0.05) is 23.0 Å². The first-order chi connectivity index (χ1) is 9.37. The van der Waals surface area contributed by atoms with Gasteiger partial charge >= 0.3 is 0 Å². The molecule has 0 radical (unpaired) electrons. The van der Waals surface area contributed by atoms with Crippen molar-refractivity contribution in [1.29, 1.82) is 0 Å². The Balaban J connectivity index is 2.05. The fourth-order valence-electron chi connectivity index (χ4n) is 2.38. The van der Waals surface area contributed by atoms with Crippen molar-refractivity contribution in [3.8, 4) is 0 Å². The summed E-state index contributed by atoms with van der Waals surface area (Å²) in [6.45, 7) is 5.22. The minimum atomic E-state index is -0.000596. The predicted molar refractivity (Wildman–Crippen MR) is 82.7 cm³/mol. The summed E-state index contributed by atoms with van der Waals surface area (Å²) in [6.07, 6.45) is 2.39. The third-order valence-corrected chi connectivity index (χ3v) is 4.40. The molecule has 1 saturated heterocycles. The van der Waals surface area contributed by atoms with Crippen molar-refractivity contribution in [1.82, 2.24) is 4.90 Å². The molecule has 1 heterocycles. The summed E-state index contributed by atoms with van der Waals surface area (Å²) in [5.74, 6) is 0.0956. The lowest BCUT2D eigenvalue weighted by molar-refractivity contribution is -0.130. The minimum absolute atomic E-state index is 0.000596. The van der Waals surface area contributed by atoms with Crippen LogP contribution in [0.2, 0.25) is 0 Å². The van der Waals surface area contributed by atoms with E-state index in [0.717, 1.165) is 17.3 Å². The van der Waals surface area contributed by atoms with Crippen molar-refractivity contribution < 1.29 is 9.59 Å². The summed E-state index contributed by atoms with van der Waals surface area (Å²) in [5, 5.41) is 0. The fraction of sp³-hybridized carbons (Fsp3) is 0.500. The third kappa shape index (κ3) is 3.92. The highest BCUT2D eigenvalue weighted by molar-refractivity contribution is 9.10. The maximum Gasteiger partial charge on any atom is 0.222 e. The standard InChI is InChI=1S/C16H20BrNO2/c1-16(2)7-6-15(20)18(9-8-16)11-14(19)12-4-3-5-13(17)10-12/h3-5,10H,6-9,11H2,1-2H3. The number of carbonyl (C=O) groups is 2. The number of benzene rings is 1. The van der Waals surface area contributed by atoms with Crippen LogP contribution < -0.4 is 0 Å². The fourth-order valence-corrected chi connectivity index (χ4v) is 2.78. The van der Waals surface area contributed by atoms with Crippen LogP contribution in [0.25, 0.3) is 0 Å². The molecule has 20 heavy (non-hydrogen) atoms. The topological polar surface area (TPSA) is 37.4 Å². The van der Waals surface area contributed by atoms with Crippen LogP contribution in [0.4, 0.5) is 0 Å². The first-order valence-corrected chi connectivity index (χ1v) is 7.73. The van der Waals surface area contributed by atoms with Crippen molar-refractivity contribution in [2.24, 2.45) is 5.41 Å². The van der Waals surface area contributed by atoms with Crippen LogP contribution in [0, 0.1) is 5.41 Å². The highest BCUT2D eigenvalue weighted by Crippen LogP contribution is 2.30. The van der Waals surface area contributed by atoms with E-state index in [-0.39, 0.29) is 23.7 Å². The lowest BCUT2D eigenvalue weighted by Gasteiger charge is -2.23. The van der Waals surface area contributed by atoms with Gasteiger partial charge in [0.2, 0.25) is 5.91 Å². The molecular formula is C16H20BrNO2. The van der Waals surface area contributed by atoms with Gasteiger partial charge < -0.3 is 4.90 Å². The molecule has 1 aliphatic rings. The van der Waals surface area contributed by atoms with Gasteiger partial charge in [-0.2, -0.15) is 0 Å². The molecule has 0 aliphatic carbocycles. The zero-order chi connectivity index (χ0) is 14.8. The van der Waals surface area contributed by atoms with E-state index in [1.165, 1.54) is 0 Å². The van der Waals surface area contributed by atoms with E-state index >= 15 is 0 Å². The summed E-state index contributed by atoms with van der Waals surface area (Å²) >= 11 is 3.36. The molecule has 2 rings (SSSR count). The molecule has 1 aliphatic heterocycles. The van der Waals surface area contributed by atoms with Gasteiger partial charge in [0.15, 0.2) is 5.78 Å². The Bertz CT molecular complexity index is 525. The second-order valence-corrected chi connectivity index (χ2v) is 7.08. The molecule has 0 N–H and O–H groups in total. The summed E-state index contributed by atoms with van der Waals surface area (Å²) in [5.41, 5.74) is 0.833. The number of amides is 1. The van der Waals surface area contributed by atoms with E-state index < -0.39 is 0 Å². The van der Waals surface area contributed by atoms with Crippen molar-refractivity contribution in [3.63, 3.8) is 0 Å². The van der Waals surface area contributed by atoms with Crippen LogP contribution in [0.3, 0.4) is 0 Å². The monoisotopic (exact) mass is 337 g/mol. The third-order valence-electron chi connectivity index (χ3n) is 3.91. The number of hydrogen-bond acceptors (Lipinski definition) is 2. The van der Waals surface area contributed by atoms with E-state index in [1.54, 1.807) is 17.0 Å². The Hall–Kier alpha value is -1.16. The predicted octanol–water partition coefficient (Wildman–Crippen LogP) is 3.67. The highest BCUT2D eigenvalue weighted by Gasteiger charge is 2.28. The first kappa shape index (κ1) is 15.2. The number of ketones is 1. The van der Waals surface area contributed by atoms with E-state index in [4.69, 9.17) is 0 Å². The maximum absolute atomic E-state index is 12.3. The van der Waals surface area contributed by atoms with E-state index in [2.05, 4.69) is 29.8 Å². The van der Waals surface area contributed by atoms with Crippen LogP contribution in [0.15, 0.2) is 28.7 Å². The Morgan fingerprint density at radius 1 is 1.35 bits per heavy atom. The molecule has 0 unspecified atom stereocenters. The van der Waals surface area contributed by atoms with Crippen molar-refractivity contribution >= 4 is 27.6 Å². The summed E-state index contributed by atoms with van der Waals surface area (Å²) in [7, 11) is 0. The number of hydrogen-bond donors (Lipinski definition) is 0. The molecule has 1 fully saturated rings. The smallest absolute Gasteiger partial charge is 0.222 e. The number of likely N-dealkylation sites (tertiary alicyclic amines) is 1. The van der Waals surface area contributed by atoms with Gasteiger partial charge in [-0.25, -0.2) is 0 Å². The van der Waals surface area contributed by atoms with Crippen molar-refractivity contribution in [2.45, 2.75) is 33.1 Å². The molecule has 1 aromatic rings. The highest BCUT2D eigenvalue weighted by atomic mass is 79.9. The molecule has 1 amide bonds. The van der Waals surface area contributed by atoms with Gasteiger partial charge in [-0.05, 0) is 30.4 Å². The molecule has 0 spiro atoms. The van der Waals surface area contributed by atoms with Gasteiger partial charge in [-0.3, -0.25) is 9.59 Å². The number of nitrogens with zero attached hydrogens (tertiary/aromatic N) is 1. The van der Waals surface area contributed by atoms with Crippen LogP contribution in [0.5, 0.6) is 0 Å². The summed E-state index contributed by atoms with van der Waals surface area (Å²) < 4.78 is 0.881. The van der Waals surface area contributed by atoms with E-state index in [0.29, 0.717) is 18.5 Å². The normalized spacial score (nSPS) is 18.8. The van der Waals surface area contributed by atoms with Crippen LogP contribution in [-0.4, -0.2) is 29.7 Å². The maximum atomic E-state index is 12.3. The zero-order valence-electron chi connectivity index (χ0n) is 12.0. The Morgan fingerprint density at radius 3 is 2.80 bits per heavy atom. The SMILES string of the molecule is CC1(C)CCC(=O)N(CC(=O)c2cccc(Br)c2)CC1. The Kier molecular flexibility index (Phi) is 4.63. The summed E-state index contributed by atoms with van der Waals surface area (Å²) in [4.78, 5) is 26.1. The lowest BCUT2D eigenvalue weighted by atomic mass is 9.85. The molecular weight excluding hydrogens is 318 g/mol. The minimum Gasteiger partial charge on any atom is -0.335 e. The number of rotatable bonds is 3. The molecule has 3 nitrogen and oxygen atoms in total. The van der Waals surface area contributed by atoms with Gasteiger partial charge in [-0.15, -0.1) is 0 Å². The van der Waals surface area contributed by atoms with Crippen molar-refractivity contribution in [2.75, 3.05) is 13.1 Å². The number of carbonyl (C=O) groups excluding carboxylic acids is 2. The average Bonchev–Trinajstić information content (AvgIpc) is 2.52. The Morgan fingerprint density at radius 2 is 2.10 bits per heavy atom. The number of Topliss-reactive ketones (excluding diaryl/α,β-unsaturated/α-hetero) is 1.